The number of nitrogens with one attached hydrogen (secondary N) is 1. The minimum absolute atomic E-state index is 0.213. The number of hydrogen-bond donors (Lipinski definition) is 1. The van der Waals surface area contributed by atoms with Crippen LogP contribution in [0.2, 0.25) is 0 Å². The van der Waals surface area contributed by atoms with Crippen LogP contribution in [0.3, 0.4) is 0 Å². The second kappa shape index (κ2) is 3.82. The summed E-state index contributed by atoms with van der Waals surface area (Å²) in [6.45, 7) is 3.32. The summed E-state index contributed by atoms with van der Waals surface area (Å²) in [5.74, 6) is -0.481. The van der Waals surface area contributed by atoms with Gasteiger partial charge in [-0.15, -0.1) is 0 Å². The molecule has 0 aliphatic rings. The third-order valence-electron chi connectivity index (χ3n) is 0.528. The van der Waals surface area contributed by atoms with Crippen LogP contribution in [0.25, 0.3) is 0 Å². The van der Waals surface area contributed by atoms with E-state index < -0.39 is 5.97 Å². The molecule has 0 heterocycles. The Bertz CT molecular complexity index is 99.9. The lowest BCUT2D eigenvalue weighted by Crippen LogP contribution is -2.08. The summed E-state index contributed by atoms with van der Waals surface area (Å²) in [6.07, 6.45) is 0. The third-order valence-corrected chi connectivity index (χ3v) is 1.09. The number of rotatable bonds is 2. The van der Waals surface area contributed by atoms with Gasteiger partial charge in [0.05, 0.1) is 9.47 Å². The van der Waals surface area contributed by atoms with Gasteiger partial charge in [-0.05, 0) is 9.39 Å². The van der Waals surface area contributed by atoms with Gasteiger partial charge in [-0.2, -0.15) is 0 Å². The number of carbonyl (C=O) groups is 1. The summed E-state index contributed by atoms with van der Waals surface area (Å²) in [6, 6.07) is 0. The average Bonchev–Trinajstić information content (AvgIpc) is 1.84. The molecule has 2 unspecified atom stereocenters. The standard InChI is InChI=1S/C3H7NO2P2/c1-2(4-7)3(5)6-8/h4H,1,7-8H2. The monoisotopic (exact) mass is 151 g/mol. The molecular formula is C3H7NO2P2. The highest BCUT2D eigenvalue weighted by molar-refractivity contribution is 7.14. The summed E-state index contributed by atoms with van der Waals surface area (Å²) in [5.41, 5.74) is 0.213. The second-order valence-corrected chi connectivity index (χ2v) is 1.55. The normalized spacial score (nSPS) is 7.75. The largest absolute Gasteiger partial charge is 0.447 e. The highest BCUT2D eigenvalue weighted by atomic mass is 31.0. The summed E-state index contributed by atoms with van der Waals surface area (Å²) in [7, 11) is 3.96. The first kappa shape index (κ1) is 7.87. The zero-order valence-electron chi connectivity index (χ0n) is 4.18. The van der Waals surface area contributed by atoms with Crippen molar-refractivity contribution in [3.8, 4) is 0 Å². The number of hydrogen-bond acceptors (Lipinski definition) is 3. The lowest BCUT2D eigenvalue weighted by atomic mass is 10.5. The molecule has 0 bridgehead atoms. The van der Waals surface area contributed by atoms with Crippen molar-refractivity contribution >= 4 is 24.8 Å². The van der Waals surface area contributed by atoms with E-state index in [1.165, 1.54) is 0 Å². The molecule has 0 aliphatic carbocycles. The highest BCUT2D eigenvalue weighted by Gasteiger charge is 2.00. The number of carbonyl (C=O) groups excluding carboxylic acids is 1. The second-order valence-electron chi connectivity index (χ2n) is 1.03. The lowest BCUT2D eigenvalue weighted by molar-refractivity contribution is -0.129. The van der Waals surface area contributed by atoms with Crippen molar-refractivity contribution in [2.24, 2.45) is 0 Å². The van der Waals surface area contributed by atoms with Crippen molar-refractivity contribution in [1.82, 2.24) is 5.09 Å². The molecule has 8 heavy (non-hydrogen) atoms. The Hall–Kier alpha value is -0.130. The van der Waals surface area contributed by atoms with Gasteiger partial charge >= 0.3 is 5.97 Å². The first-order valence-electron chi connectivity index (χ1n) is 1.79. The Balaban J connectivity index is 3.64. The van der Waals surface area contributed by atoms with Crippen LogP contribution >= 0.6 is 18.9 Å². The van der Waals surface area contributed by atoms with E-state index in [0.717, 1.165) is 0 Å². The molecule has 0 radical (unpaired) electrons. The van der Waals surface area contributed by atoms with Gasteiger partial charge in [0.2, 0.25) is 0 Å². The summed E-state index contributed by atoms with van der Waals surface area (Å²) in [4.78, 5) is 10.3. The smallest absolute Gasteiger partial charge is 0.356 e. The van der Waals surface area contributed by atoms with Crippen molar-refractivity contribution in [2.75, 3.05) is 0 Å². The maximum Gasteiger partial charge on any atom is 0.356 e. The molecule has 0 aliphatic heterocycles. The van der Waals surface area contributed by atoms with Gasteiger partial charge < -0.3 is 9.61 Å². The van der Waals surface area contributed by atoms with Gasteiger partial charge in [0, 0.05) is 0 Å². The minimum atomic E-state index is -0.481. The van der Waals surface area contributed by atoms with Gasteiger partial charge in [0.15, 0.2) is 0 Å². The molecule has 0 fully saturated rings. The average molecular weight is 151 g/mol. The first-order valence-corrected chi connectivity index (χ1v) is 2.83. The Morgan fingerprint density at radius 1 is 1.75 bits per heavy atom. The van der Waals surface area contributed by atoms with E-state index in [0.29, 0.717) is 0 Å². The SMILES string of the molecule is C=C(NP)C(=O)OP. The van der Waals surface area contributed by atoms with Crippen molar-refractivity contribution in [2.45, 2.75) is 0 Å². The van der Waals surface area contributed by atoms with Crippen LogP contribution in [0.5, 0.6) is 0 Å². The predicted octanol–water partition coefficient (Wildman–Crippen LogP) is 0.213. The fourth-order valence-corrected chi connectivity index (χ4v) is 0.390. The van der Waals surface area contributed by atoms with Crippen LogP contribution in [-0.2, 0) is 9.32 Å². The molecule has 0 aromatic rings. The van der Waals surface area contributed by atoms with E-state index in [4.69, 9.17) is 0 Å². The van der Waals surface area contributed by atoms with Crippen molar-refractivity contribution in [3.63, 3.8) is 0 Å². The van der Waals surface area contributed by atoms with Crippen LogP contribution < -0.4 is 5.09 Å². The Kier molecular flexibility index (Phi) is 3.76. The topological polar surface area (TPSA) is 38.3 Å². The van der Waals surface area contributed by atoms with Gasteiger partial charge in [-0.25, -0.2) is 4.79 Å². The Morgan fingerprint density at radius 2 is 2.25 bits per heavy atom. The van der Waals surface area contributed by atoms with Crippen LogP contribution in [0.4, 0.5) is 0 Å². The van der Waals surface area contributed by atoms with Gasteiger partial charge in [-0.3, -0.25) is 0 Å². The Morgan fingerprint density at radius 3 is 2.38 bits per heavy atom. The van der Waals surface area contributed by atoms with Crippen molar-refractivity contribution in [3.05, 3.63) is 12.3 Å². The minimum Gasteiger partial charge on any atom is -0.447 e. The maximum absolute atomic E-state index is 10.3. The lowest BCUT2D eigenvalue weighted by Gasteiger charge is -1.98. The third kappa shape index (κ3) is 2.25. The molecule has 0 spiro atoms. The van der Waals surface area contributed by atoms with Crippen LogP contribution in [0.15, 0.2) is 12.3 Å². The predicted molar refractivity (Wildman–Crippen MR) is 37.8 cm³/mol. The fourth-order valence-electron chi connectivity index (χ4n) is 0.130. The molecule has 2 atom stereocenters. The van der Waals surface area contributed by atoms with E-state index in [-0.39, 0.29) is 5.70 Å². The van der Waals surface area contributed by atoms with Crippen LogP contribution in [-0.4, -0.2) is 5.97 Å². The van der Waals surface area contributed by atoms with Gasteiger partial charge in [-0.1, -0.05) is 6.58 Å². The summed E-state index contributed by atoms with van der Waals surface area (Å²) < 4.78 is 4.21. The molecule has 0 rings (SSSR count). The van der Waals surface area contributed by atoms with E-state index in [9.17, 15) is 4.79 Å². The van der Waals surface area contributed by atoms with Crippen LogP contribution in [0, 0.1) is 0 Å². The molecule has 0 amide bonds. The van der Waals surface area contributed by atoms with Crippen LogP contribution in [0.1, 0.15) is 0 Å². The summed E-state index contributed by atoms with van der Waals surface area (Å²) in [5, 5.41) is 2.45. The zero-order valence-corrected chi connectivity index (χ0v) is 6.49. The molecule has 0 saturated carbocycles. The molecule has 0 aromatic carbocycles. The molecule has 1 N–H and O–H groups in total. The van der Waals surface area contributed by atoms with Crippen molar-refractivity contribution < 1.29 is 9.32 Å². The van der Waals surface area contributed by atoms with E-state index >= 15 is 0 Å². The van der Waals surface area contributed by atoms with E-state index in [2.05, 4.69) is 25.6 Å². The van der Waals surface area contributed by atoms with E-state index in [1.54, 1.807) is 0 Å². The first-order chi connectivity index (χ1) is 3.72. The highest BCUT2D eigenvalue weighted by Crippen LogP contribution is 1.95. The Labute approximate surface area is 52.4 Å². The van der Waals surface area contributed by atoms with Gasteiger partial charge in [0.1, 0.15) is 5.70 Å². The van der Waals surface area contributed by atoms with E-state index in [1.807, 2.05) is 9.47 Å². The maximum atomic E-state index is 10.3. The molecule has 0 aromatic heterocycles. The molecule has 3 nitrogen and oxygen atoms in total. The zero-order chi connectivity index (χ0) is 6.57. The molecule has 5 heteroatoms. The summed E-state index contributed by atoms with van der Waals surface area (Å²) >= 11 is 0. The molecule has 46 valence electrons. The fraction of sp³-hybridized carbons (Fsp3) is 0. The molecular weight excluding hydrogens is 144 g/mol. The van der Waals surface area contributed by atoms with Crippen molar-refractivity contribution in [1.29, 1.82) is 0 Å². The molecule has 0 saturated heterocycles. The quantitative estimate of drug-likeness (QED) is 0.453. The van der Waals surface area contributed by atoms with Gasteiger partial charge in [0.25, 0.3) is 0 Å².